The normalized spacial score (nSPS) is 27.1. The Morgan fingerprint density at radius 3 is 2.80 bits per heavy atom. The van der Waals surface area contributed by atoms with Gasteiger partial charge in [-0.15, -0.1) is 0 Å². The van der Waals surface area contributed by atoms with Gasteiger partial charge in [0.05, 0.1) is 5.92 Å². The van der Waals surface area contributed by atoms with Gasteiger partial charge in [-0.1, -0.05) is 19.3 Å². The number of nitrogens with two attached hydrogens (primary N) is 1. The van der Waals surface area contributed by atoms with Crippen molar-refractivity contribution in [3.05, 3.63) is 0 Å². The number of rotatable bonds is 4. The lowest BCUT2D eigenvalue weighted by molar-refractivity contribution is -0.125. The van der Waals surface area contributed by atoms with E-state index in [-0.39, 0.29) is 24.5 Å². The van der Waals surface area contributed by atoms with E-state index in [0.717, 1.165) is 25.7 Å². The summed E-state index contributed by atoms with van der Waals surface area (Å²) >= 11 is 0. The van der Waals surface area contributed by atoms with Crippen molar-refractivity contribution in [3.63, 3.8) is 0 Å². The number of aliphatic hydroxyl groups excluding tert-OH is 1. The van der Waals surface area contributed by atoms with E-state index in [1.54, 1.807) is 0 Å². The first kappa shape index (κ1) is 12.5. The van der Waals surface area contributed by atoms with Gasteiger partial charge in [-0.3, -0.25) is 4.79 Å². The molecule has 2 atom stereocenters. The zero-order valence-electron chi connectivity index (χ0n) is 9.24. The van der Waals surface area contributed by atoms with Crippen LogP contribution in [0.2, 0.25) is 0 Å². The van der Waals surface area contributed by atoms with Gasteiger partial charge in [0, 0.05) is 19.2 Å². The molecule has 0 aliphatic heterocycles. The van der Waals surface area contributed by atoms with Crippen LogP contribution in [-0.4, -0.2) is 30.2 Å². The van der Waals surface area contributed by atoms with Gasteiger partial charge >= 0.3 is 0 Å². The van der Waals surface area contributed by atoms with Crippen molar-refractivity contribution in [2.45, 2.75) is 44.6 Å². The Hall–Kier alpha value is -0.610. The quantitative estimate of drug-likeness (QED) is 0.468. The molecular weight excluding hydrogens is 192 g/mol. The molecule has 0 aromatic heterocycles. The standard InChI is InChI=1S/C11H22N2O2/c12-10-6-3-1-2-5-9(10)11(15)13-7-4-8-14/h9-10,14H,1-8,12H2,(H,13,15). The van der Waals surface area contributed by atoms with Crippen LogP contribution in [0, 0.1) is 5.92 Å². The average molecular weight is 214 g/mol. The molecule has 1 saturated carbocycles. The Morgan fingerprint density at radius 1 is 1.33 bits per heavy atom. The summed E-state index contributed by atoms with van der Waals surface area (Å²) in [6.45, 7) is 0.676. The van der Waals surface area contributed by atoms with Crippen molar-refractivity contribution in [2.75, 3.05) is 13.2 Å². The zero-order chi connectivity index (χ0) is 11.1. The van der Waals surface area contributed by atoms with Crippen molar-refractivity contribution in [1.82, 2.24) is 5.32 Å². The molecule has 1 amide bonds. The minimum Gasteiger partial charge on any atom is -0.396 e. The summed E-state index contributed by atoms with van der Waals surface area (Å²) in [5, 5.41) is 11.4. The maximum atomic E-state index is 11.8. The summed E-state index contributed by atoms with van der Waals surface area (Å²) in [6.07, 6.45) is 5.92. The lowest BCUT2D eigenvalue weighted by Crippen LogP contribution is -2.41. The number of amides is 1. The van der Waals surface area contributed by atoms with E-state index in [0.29, 0.717) is 13.0 Å². The molecule has 0 spiro atoms. The van der Waals surface area contributed by atoms with Gasteiger partial charge in [-0.25, -0.2) is 0 Å². The predicted octanol–water partition coefficient (Wildman–Crippen LogP) is 0.393. The smallest absolute Gasteiger partial charge is 0.224 e. The van der Waals surface area contributed by atoms with Crippen LogP contribution < -0.4 is 11.1 Å². The summed E-state index contributed by atoms with van der Waals surface area (Å²) in [5.41, 5.74) is 5.97. The fraction of sp³-hybridized carbons (Fsp3) is 0.909. The molecule has 15 heavy (non-hydrogen) atoms. The SMILES string of the molecule is NC1CCCCCC1C(=O)NCCCO. The second-order valence-corrected chi connectivity index (χ2v) is 4.28. The summed E-state index contributed by atoms with van der Waals surface area (Å²) in [6, 6.07) is 0.0154. The van der Waals surface area contributed by atoms with Crippen LogP contribution in [0.4, 0.5) is 0 Å². The number of carbonyl (C=O) groups is 1. The highest BCUT2D eigenvalue weighted by Crippen LogP contribution is 2.22. The molecule has 4 nitrogen and oxygen atoms in total. The first-order chi connectivity index (χ1) is 7.25. The maximum absolute atomic E-state index is 11.8. The highest BCUT2D eigenvalue weighted by atomic mass is 16.3. The van der Waals surface area contributed by atoms with Gasteiger partial charge < -0.3 is 16.2 Å². The highest BCUT2D eigenvalue weighted by molar-refractivity contribution is 5.79. The molecule has 0 aromatic rings. The minimum atomic E-state index is -0.0220. The Bertz CT molecular complexity index is 197. The molecule has 88 valence electrons. The molecule has 0 radical (unpaired) electrons. The number of nitrogens with one attached hydrogen (secondary N) is 1. The molecule has 0 saturated heterocycles. The number of hydrogen-bond donors (Lipinski definition) is 3. The molecule has 1 aliphatic rings. The molecule has 0 heterocycles. The molecule has 1 rings (SSSR count). The van der Waals surface area contributed by atoms with E-state index in [1.165, 1.54) is 6.42 Å². The molecule has 2 unspecified atom stereocenters. The zero-order valence-corrected chi connectivity index (χ0v) is 9.24. The van der Waals surface area contributed by atoms with Gasteiger partial charge in [0.2, 0.25) is 5.91 Å². The third kappa shape index (κ3) is 4.18. The van der Waals surface area contributed by atoms with Crippen molar-refractivity contribution in [2.24, 2.45) is 11.7 Å². The first-order valence-corrected chi connectivity index (χ1v) is 5.90. The van der Waals surface area contributed by atoms with E-state index in [9.17, 15) is 4.79 Å². The van der Waals surface area contributed by atoms with E-state index < -0.39 is 0 Å². The predicted molar refractivity (Wildman–Crippen MR) is 59.3 cm³/mol. The minimum absolute atomic E-state index is 0.0154. The summed E-state index contributed by atoms with van der Waals surface area (Å²) in [5.74, 6) is 0.0454. The van der Waals surface area contributed by atoms with E-state index >= 15 is 0 Å². The summed E-state index contributed by atoms with van der Waals surface area (Å²) in [4.78, 5) is 11.8. The lowest BCUT2D eigenvalue weighted by atomic mass is 9.94. The second-order valence-electron chi connectivity index (χ2n) is 4.28. The highest BCUT2D eigenvalue weighted by Gasteiger charge is 2.26. The van der Waals surface area contributed by atoms with Gasteiger partial charge in [-0.05, 0) is 19.3 Å². The average Bonchev–Trinajstić information content (AvgIpc) is 2.43. The Kier molecular flexibility index (Phi) is 5.65. The Morgan fingerprint density at radius 2 is 2.07 bits per heavy atom. The Labute approximate surface area is 91.2 Å². The van der Waals surface area contributed by atoms with Crippen LogP contribution in [0.15, 0.2) is 0 Å². The molecule has 1 fully saturated rings. The van der Waals surface area contributed by atoms with Gasteiger partial charge in [0.1, 0.15) is 0 Å². The first-order valence-electron chi connectivity index (χ1n) is 5.90. The van der Waals surface area contributed by atoms with Crippen LogP contribution >= 0.6 is 0 Å². The fourth-order valence-corrected chi connectivity index (χ4v) is 2.08. The Balaban J connectivity index is 2.34. The summed E-state index contributed by atoms with van der Waals surface area (Å²) < 4.78 is 0. The molecule has 4 N–H and O–H groups in total. The number of carbonyl (C=O) groups excluding carboxylic acids is 1. The molecule has 1 aliphatic carbocycles. The molecule has 0 aromatic carbocycles. The monoisotopic (exact) mass is 214 g/mol. The maximum Gasteiger partial charge on any atom is 0.224 e. The van der Waals surface area contributed by atoms with Crippen LogP contribution in [0.25, 0.3) is 0 Å². The van der Waals surface area contributed by atoms with Crippen molar-refractivity contribution in [1.29, 1.82) is 0 Å². The van der Waals surface area contributed by atoms with Gasteiger partial charge in [-0.2, -0.15) is 0 Å². The van der Waals surface area contributed by atoms with Crippen molar-refractivity contribution >= 4 is 5.91 Å². The van der Waals surface area contributed by atoms with Crippen LogP contribution in [-0.2, 0) is 4.79 Å². The number of aliphatic hydroxyl groups is 1. The third-order valence-electron chi connectivity index (χ3n) is 3.04. The molecule has 0 bridgehead atoms. The van der Waals surface area contributed by atoms with Gasteiger partial charge in [0.15, 0.2) is 0 Å². The topological polar surface area (TPSA) is 75.4 Å². The molecule has 4 heteroatoms. The van der Waals surface area contributed by atoms with Crippen molar-refractivity contribution in [3.8, 4) is 0 Å². The second kappa shape index (κ2) is 6.80. The van der Waals surface area contributed by atoms with E-state index in [2.05, 4.69) is 5.32 Å². The van der Waals surface area contributed by atoms with Crippen LogP contribution in [0.3, 0.4) is 0 Å². The van der Waals surface area contributed by atoms with E-state index in [1.807, 2.05) is 0 Å². The van der Waals surface area contributed by atoms with Crippen LogP contribution in [0.1, 0.15) is 38.5 Å². The molecular formula is C11H22N2O2. The van der Waals surface area contributed by atoms with Crippen molar-refractivity contribution < 1.29 is 9.90 Å². The third-order valence-corrected chi connectivity index (χ3v) is 3.04. The van der Waals surface area contributed by atoms with Gasteiger partial charge in [0.25, 0.3) is 0 Å². The number of hydrogen-bond acceptors (Lipinski definition) is 3. The largest absolute Gasteiger partial charge is 0.396 e. The summed E-state index contributed by atoms with van der Waals surface area (Å²) in [7, 11) is 0. The lowest BCUT2D eigenvalue weighted by Gasteiger charge is -2.20. The van der Waals surface area contributed by atoms with Crippen LogP contribution in [0.5, 0.6) is 0 Å². The van der Waals surface area contributed by atoms with E-state index in [4.69, 9.17) is 10.8 Å². The fourth-order valence-electron chi connectivity index (χ4n) is 2.08.